The van der Waals surface area contributed by atoms with Crippen LogP contribution >= 0.6 is 11.6 Å². The van der Waals surface area contributed by atoms with Crippen molar-refractivity contribution < 1.29 is 19.5 Å². The van der Waals surface area contributed by atoms with Crippen LogP contribution in [0.15, 0.2) is 24.3 Å². The second kappa shape index (κ2) is 8.38. The maximum absolute atomic E-state index is 12.4. The molecule has 0 heterocycles. The highest BCUT2D eigenvalue weighted by Gasteiger charge is 2.25. The van der Waals surface area contributed by atoms with Gasteiger partial charge in [-0.15, -0.1) is 0 Å². The third-order valence-electron chi connectivity index (χ3n) is 3.12. The molecule has 1 rings (SSSR count). The lowest BCUT2D eigenvalue weighted by molar-refractivity contribution is -0.149. The number of amides is 2. The van der Waals surface area contributed by atoms with Gasteiger partial charge in [0.2, 0.25) is 11.8 Å². The summed E-state index contributed by atoms with van der Waals surface area (Å²) in [6.45, 7) is 3.13. The number of halogens is 1. The number of carbonyl (C=O) groups excluding carboxylic acids is 2. The van der Waals surface area contributed by atoms with Crippen LogP contribution in [0, 0.1) is 0 Å². The Labute approximate surface area is 134 Å². The van der Waals surface area contributed by atoms with E-state index < -0.39 is 12.0 Å². The van der Waals surface area contributed by atoms with Crippen LogP contribution in [-0.2, 0) is 20.8 Å². The number of rotatable bonds is 7. The van der Waals surface area contributed by atoms with E-state index in [9.17, 15) is 14.4 Å². The van der Waals surface area contributed by atoms with Crippen LogP contribution in [-0.4, -0.2) is 46.9 Å². The van der Waals surface area contributed by atoms with E-state index in [0.717, 1.165) is 0 Å². The maximum atomic E-state index is 12.4. The van der Waals surface area contributed by atoms with E-state index in [-0.39, 0.29) is 31.3 Å². The average molecular weight is 327 g/mol. The number of nitrogens with zero attached hydrogens (tertiary/aromatic N) is 1. The SMILES string of the molecule is CC(=O)NCCN(C(=O)Cc1cccc(Cl)c1)C(C)C(=O)O. The summed E-state index contributed by atoms with van der Waals surface area (Å²) in [5.41, 5.74) is 0.708. The molecule has 0 aliphatic heterocycles. The van der Waals surface area contributed by atoms with Gasteiger partial charge < -0.3 is 15.3 Å². The first-order valence-electron chi connectivity index (χ1n) is 6.82. The van der Waals surface area contributed by atoms with Crippen LogP contribution in [0.2, 0.25) is 5.02 Å². The van der Waals surface area contributed by atoms with Crippen molar-refractivity contribution in [1.82, 2.24) is 10.2 Å². The van der Waals surface area contributed by atoms with Gasteiger partial charge in [0.05, 0.1) is 6.42 Å². The van der Waals surface area contributed by atoms with Crippen molar-refractivity contribution in [3.05, 3.63) is 34.9 Å². The Balaban J connectivity index is 2.78. The number of aliphatic carboxylic acids is 1. The summed E-state index contributed by atoms with van der Waals surface area (Å²) in [7, 11) is 0. The second-order valence-corrected chi connectivity index (χ2v) is 5.33. The largest absolute Gasteiger partial charge is 0.480 e. The molecule has 0 aliphatic carbocycles. The molecule has 1 atom stereocenters. The minimum absolute atomic E-state index is 0.0538. The summed E-state index contributed by atoms with van der Waals surface area (Å²) in [5, 5.41) is 12.2. The number of nitrogens with one attached hydrogen (secondary N) is 1. The van der Waals surface area contributed by atoms with Crippen molar-refractivity contribution in [3.8, 4) is 0 Å². The molecule has 0 fully saturated rings. The van der Waals surface area contributed by atoms with E-state index in [4.69, 9.17) is 16.7 Å². The monoisotopic (exact) mass is 326 g/mol. The molecule has 0 bridgehead atoms. The predicted molar refractivity (Wildman–Crippen MR) is 82.7 cm³/mol. The number of hydrogen-bond acceptors (Lipinski definition) is 3. The summed E-state index contributed by atoms with van der Waals surface area (Å²) in [4.78, 5) is 35.6. The molecule has 22 heavy (non-hydrogen) atoms. The molecule has 120 valence electrons. The second-order valence-electron chi connectivity index (χ2n) is 4.89. The van der Waals surface area contributed by atoms with Gasteiger partial charge >= 0.3 is 5.97 Å². The first kappa shape index (κ1) is 18.0. The molecule has 1 aromatic rings. The van der Waals surface area contributed by atoms with E-state index in [1.807, 2.05) is 0 Å². The lowest BCUT2D eigenvalue weighted by Gasteiger charge is -2.26. The minimum atomic E-state index is -1.10. The third-order valence-corrected chi connectivity index (χ3v) is 3.35. The van der Waals surface area contributed by atoms with Gasteiger partial charge in [0.1, 0.15) is 6.04 Å². The van der Waals surface area contributed by atoms with Crippen molar-refractivity contribution in [1.29, 1.82) is 0 Å². The average Bonchev–Trinajstić information content (AvgIpc) is 2.42. The summed E-state index contributed by atoms with van der Waals surface area (Å²) in [6, 6.07) is 5.87. The Hall–Kier alpha value is -2.08. The fraction of sp³-hybridized carbons (Fsp3) is 0.400. The molecule has 0 aliphatic rings. The Morgan fingerprint density at radius 2 is 2.05 bits per heavy atom. The zero-order valence-corrected chi connectivity index (χ0v) is 13.3. The first-order valence-corrected chi connectivity index (χ1v) is 7.20. The normalized spacial score (nSPS) is 11.6. The molecule has 2 N–H and O–H groups in total. The zero-order chi connectivity index (χ0) is 16.7. The van der Waals surface area contributed by atoms with Gasteiger partial charge in [-0.25, -0.2) is 4.79 Å². The van der Waals surface area contributed by atoms with Crippen LogP contribution in [0.3, 0.4) is 0 Å². The predicted octanol–water partition coefficient (Wildman–Crippen LogP) is 1.32. The maximum Gasteiger partial charge on any atom is 0.326 e. The van der Waals surface area contributed by atoms with E-state index in [2.05, 4.69) is 5.32 Å². The zero-order valence-electron chi connectivity index (χ0n) is 12.5. The molecular formula is C15H19ClN2O4. The third kappa shape index (κ3) is 5.73. The molecule has 6 nitrogen and oxygen atoms in total. The lowest BCUT2D eigenvalue weighted by atomic mass is 10.1. The molecular weight excluding hydrogens is 308 g/mol. The van der Waals surface area contributed by atoms with Crippen LogP contribution in [0.25, 0.3) is 0 Å². The highest BCUT2D eigenvalue weighted by atomic mass is 35.5. The molecule has 1 unspecified atom stereocenters. The van der Waals surface area contributed by atoms with Gasteiger partial charge in [-0.1, -0.05) is 23.7 Å². The smallest absolute Gasteiger partial charge is 0.326 e. The van der Waals surface area contributed by atoms with Crippen molar-refractivity contribution >= 4 is 29.4 Å². The van der Waals surface area contributed by atoms with Crippen molar-refractivity contribution in [3.63, 3.8) is 0 Å². The molecule has 1 aromatic carbocycles. The number of benzene rings is 1. The Morgan fingerprint density at radius 1 is 1.36 bits per heavy atom. The molecule has 0 aromatic heterocycles. The molecule has 0 saturated heterocycles. The fourth-order valence-corrected chi connectivity index (χ4v) is 2.16. The standard InChI is InChI=1S/C15H19ClN2O4/c1-10(15(21)22)18(7-6-17-11(2)19)14(20)9-12-4-3-5-13(16)8-12/h3-5,8,10H,6-7,9H2,1-2H3,(H,17,19)(H,21,22). The summed E-state index contributed by atoms with van der Waals surface area (Å²) in [6.07, 6.45) is 0.0538. The van der Waals surface area contributed by atoms with Crippen molar-refractivity contribution in [2.75, 3.05) is 13.1 Å². The van der Waals surface area contributed by atoms with Crippen LogP contribution in [0.1, 0.15) is 19.4 Å². The van der Waals surface area contributed by atoms with Crippen LogP contribution in [0.4, 0.5) is 0 Å². The van der Waals surface area contributed by atoms with Crippen LogP contribution < -0.4 is 5.32 Å². The highest BCUT2D eigenvalue weighted by molar-refractivity contribution is 6.30. The van der Waals surface area contributed by atoms with Gasteiger partial charge in [-0.3, -0.25) is 9.59 Å². The summed E-state index contributed by atoms with van der Waals surface area (Å²) in [5.74, 6) is -1.66. The molecule has 2 amide bonds. The van der Waals surface area contributed by atoms with Crippen molar-refractivity contribution in [2.45, 2.75) is 26.3 Å². The van der Waals surface area contributed by atoms with Gasteiger partial charge in [0, 0.05) is 25.0 Å². The van der Waals surface area contributed by atoms with Gasteiger partial charge in [0.15, 0.2) is 0 Å². The van der Waals surface area contributed by atoms with E-state index in [0.29, 0.717) is 10.6 Å². The Kier molecular flexibility index (Phi) is 6.85. The number of carboxylic acids is 1. The highest BCUT2D eigenvalue weighted by Crippen LogP contribution is 2.13. The number of carbonyl (C=O) groups is 3. The fourth-order valence-electron chi connectivity index (χ4n) is 1.94. The topological polar surface area (TPSA) is 86.7 Å². The van der Waals surface area contributed by atoms with E-state index >= 15 is 0 Å². The van der Waals surface area contributed by atoms with Gasteiger partial charge in [0.25, 0.3) is 0 Å². The molecule has 0 radical (unpaired) electrons. The van der Waals surface area contributed by atoms with Gasteiger partial charge in [-0.05, 0) is 24.6 Å². The summed E-state index contributed by atoms with van der Waals surface area (Å²) < 4.78 is 0. The first-order chi connectivity index (χ1) is 10.3. The molecule has 0 spiro atoms. The van der Waals surface area contributed by atoms with E-state index in [1.165, 1.54) is 18.7 Å². The summed E-state index contributed by atoms with van der Waals surface area (Å²) >= 11 is 5.87. The molecule has 0 saturated carbocycles. The van der Waals surface area contributed by atoms with Crippen LogP contribution in [0.5, 0.6) is 0 Å². The Bertz CT molecular complexity index is 562. The molecule has 7 heteroatoms. The lowest BCUT2D eigenvalue weighted by Crippen LogP contribution is -2.47. The Morgan fingerprint density at radius 3 is 2.59 bits per heavy atom. The van der Waals surface area contributed by atoms with Crippen molar-refractivity contribution in [2.24, 2.45) is 0 Å². The van der Waals surface area contributed by atoms with Gasteiger partial charge in [-0.2, -0.15) is 0 Å². The number of carboxylic acid groups (broad SMARTS) is 1. The van der Waals surface area contributed by atoms with E-state index in [1.54, 1.807) is 24.3 Å². The number of hydrogen-bond donors (Lipinski definition) is 2. The quantitative estimate of drug-likeness (QED) is 0.791. The minimum Gasteiger partial charge on any atom is -0.480 e.